The highest BCUT2D eigenvalue weighted by Crippen LogP contribution is 2.34. The van der Waals surface area contributed by atoms with Crippen molar-refractivity contribution in [1.82, 2.24) is 0 Å². The topological polar surface area (TPSA) is 44.0 Å². The minimum absolute atomic E-state index is 0.231. The van der Waals surface area contributed by atoms with E-state index in [-0.39, 0.29) is 5.75 Å². The normalized spacial score (nSPS) is 10.0. The van der Waals surface area contributed by atoms with E-state index in [1.807, 2.05) is 48.5 Å². The number of aromatic hydroxyl groups is 1. The third-order valence-electron chi connectivity index (χ3n) is 3.41. The van der Waals surface area contributed by atoms with Gasteiger partial charge in [0.05, 0.1) is 11.6 Å². The summed E-state index contributed by atoms with van der Waals surface area (Å²) < 4.78 is 0. The summed E-state index contributed by atoms with van der Waals surface area (Å²) in [5, 5.41) is 18.7. The van der Waals surface area contributed by atoms with Gasteiger partial charge in [-0.05, 0) is 46.5 Å². The van der Waals surface area contributed by atoms with Crippen molar-refractivity contribution in [2.45, 2.75) is 0 Å². The zero-order chi connectivity index (χ0) is 14.7. The third kappa shape index (κ3) is 2.63. The second-order valence-corrected chi connectivity index (χ2v) is 4.79. The van der Waals surface area contributed by atoms with Gasteiger partial charge < -0.3 is 5.11 Å². The van der Waals surface area contributed by atoms with Crippen LogP contribution in [0.2, 0.25) is 0 Å². The first-order valence-corrected chi connectivity index (χ1v) is 6.67. The second-order valence-electron chi connectivity index (χ2n) is 4.79. The maximum Gasteiger partial charge on any atom is 0.116 e. The molecule has 0 radical (unpaired) electrons. The fourth-order valence-corrected chi connectivity index (χ4v) is 2.36. The predicted molar refractivity (Wildman–Crippen MR) is 83.7 cm³/mol. The van der Waals surface area contributed by atoms with E-state index in [1.54, 1.807) is 24.3 Å². The average Bonchev–Trinajstić information content (AvgIpc) is 2.56. The second kappa shape index (κ2) is 5.52. The van der Waals surface area contributed by atoms with Crippen LogP contribution in [0.4, 0.5) is 0 Å². The summed E-state index contributed by atoms with van der Waals surface area (Å²) in [5.41, 5.74) is 4.70. The highest BCUT2D eigenvalue weighted by atomic mass is 16.3. The van der Waals surface area contributed by atoms with Gasteiger partial charge in [0, 0.05) is 0 Å². The first kappa shape index (κ1) is 13.0. The number of nitriles is 1. The van der Waals surface area contributed by atoms with E-state index in [0.29, 0.717) is 5.56 Å². The van der Waals surface area contributed by atoms with E-state index in [4.69, 9.17) is 5.26 Å². The lowest BCUT2D eigenvalue weighted by atomic mass is 9.94. The molecule has 0 unspecified atom stereocenters. The Hall–Kier alpha value is -3.05. The number of phenols is 1. The molecular formula is C19H13NO. The highest BCUT2D eigenvalue weighted by molar-refractivity contribution is 5.84. The largest absolute Gasteiger partial charge is 0.508 e. The van der Waals surface area contributed by atoms with Gasteiger partial charge in [-0.15, -0.1) is 0 Å². The van der Waals surface area contributed by atoms with Crippen LogP contribution in [0.3, 0.4) is 0 Å². The molecule has 0 spiro atoms. The van der Waals surface area contributed by atoms with Crippen molar-refractivity contribution in [3.63, 3.8) is 0 Å². The summed E-state index contributed by atoms with van der Waals surface area (Å²) in [5.74, 6) is 0.231. The molecule has 0 fully saturated rings. The van der Waals surface area contributed by atoms with E-state index in [0.717, 1.165) is 22.3 Å². The number of benzene rings is 3. The lowest BCUT2D eigenvalue weighted by molar-refractivity contribution is 0.475. The smallest absolute Gasteiger partial charge is 0.116 e. The molecule has 0 aliphatic heterocycles. The van der Waals surface area contributed by atoms with E-state index >= 15 is 0 Å². The number of rotatable bonds is 2. The molecule has 0 aromatic heterocycles. The summed E-state index contributed by atoms with van der Waals surface area (Å²) in [7, 11) is 0. The summed E-state index contributed by atoms with van der Waals surface area (Å²) in [6.07, 6.45) is 0. The van der Waals surface area contributed by atoms with Gasteiger partial charge in [0.1, 0.15) is 5.75 Å². The lowest BCUT2D eigenvalue weighted by Crippen LogP contribution is -1.85. The molecule has 0 aliphatic carbocycles. The zero-order valence-electron chi connectivity index (χ0n) is 11.3. The molecule has 0 heterocycles. The van der Waals surface area contributed by atoms with Crippen molar-refractivity contribution < 1.29 is 5.11 Å². The van der Waals surface area contributed by atoms with Crippen LogP contribution in [0.5, 0.6) is 5.75 Å². The average molecular weight is 271 g/mol. The van der Waals surface area contributed by atoms with E-state index in [2.05, 4.69) is 6.07 Å². The lowest BCUT2D eigenvalue weighted by Gasteiger charge is -2.11. The van der Waals surface area contributed by atoms with Gasteiger partial charge in [-0.3, -0.25) is 0 Å². The monoisotopic (exact) mass is 271 g/mol. The molecule has 0 saturated carbocycles. The molecule has 3 aromatic carbocycles. The molecule has 2 nitrogen and oxygen atoms in total. The van der Waals surface area contributed by atoms with Crippen LogP contribution in [0.15, 0.2) is 72.8 Å². The SMILES string of the molecule is N#Cc1ccc(-c2cc(O)ccc2-c2ccccc2)cc1. The molecular weight excluding hydrogens is 258 g/mol. The summed E-state index contributed by atoms with van der Waals surface area (Å²) in [4.78, 5) is 0. The molecule has 0 bridgehead atoms. The molecule has 3 rings (SSSR count). The van der Waals surface area contributed by atoms with Crippen LogP contribution in [0.1, 0.15) is 5.56 Å². The number of phenolic OH excluding ortho intramolecular Hbond substituents is 1. The van der Waals surface area contributed by atoms with Crippen LogP contribution in [-0.2, 0) is 0 Å². The van der Waals surface area contributed by atoms with Crippen LogP contribution >= 0.6 is 0 Å². The fourth-order valence-electron chi connectivity index (χ4n) is 2.36. The predicted octanol–water partition coefficient (Wildman–Crippen LogP) is 4.60. The summed E-state index contributed by atoms with van der Waals surface area (Å²) in [6, 6.07) is 24.9. The Morgan fingerprint density at radius 2 is 1.38 bits per heavy atom. The van der Waals surface area contributed by atoms with Crippen molar-refractivity contribution >= 4 is 0 Å². The molecule has 0 aliphatic rings. The molecule has 0 atom stereocenters. The molecule has 100 valence electrons. The minimum Gasteiger partial charge on any atom is -0.508 e. The van der Waals surface area contributed by atoms with E-state index < -0.39 is 0 Å². The molecule has 21 heavy (non-hydrogen) atoms. The number of hydrogen-bond acceptors (Lipinski definition) is 2. The van der Waals surface area contributed by atoms with Crippen LogP contribution < -0.4 is 0 Å². The van der Waals surface area contributed by atoms with Gasteiger partial charge >= 0.3 is 0 Å². The van der Waals surface area contributed by atoms with Crippen molar-refractivity contribution in [2.24, 2.45) is 0 Å². The first-order valence-electron chi connectivity index (χ1n) is 6.67. The molecule has 2 heteroatoms. The highest BCUT2D eigenvalue weighted by Gasteiger charge is 2.08. The van der Waals surface area contributed by atoms with Crippen molar-refractivity contribution in [3.05, 3.63) is 78.4 Å². The number of nitrogens with zero attached hydrogens (tertiary/aromatic N) is 1. The van der Waals surface area contributed by atoms with Crippen molar-refractivity contribution in [2.75, 3.05) is 0 Å². The summed E-state index contributed by atoms with van der Waals surface area (Å²) in [6.45, 7) is 0. The van der Waals surface area contributed by atoms with Gasteiger partial charge in [0.2, 0.25) is 0 Å². The van der Waals surface area contributed by atoms with Gasteiger partial charge in [0.25, 0.3) is 0 Å². The minimum atomic E-state index is 0.231. The summed E-state index contributed by atoms with van der Waals surface area (Å²) >= 11 is 0. The fraction of sp³-hybridized carbons (Fsp3) is 0. The van der Waals surface area contributed by atoms with Crippen LogP contribution in [0, 0.1) is 11.3 Å². The Morgan fingerprint density at radius 3 is 2.05 bits per heavy atom. The molecule has 0 amide bonds. The molecule has 1 N–H and O–H groups in total. The standard InChI is InChI=1S/C19H13NO/c20-13-14-6-8-16(9-7-14)19-12-17(21)10-11-18(19)15-4-2-1-3-5-15/h1-12,21H. The maximum absolute atomic E-state index is 9.79. The third-order valence-corrected chi connectivity index (χ3v) is 3.41. The Bertz CT molecular complexity index is 799. The van der Waals surface area contributed by atoms with Gasteiger partial charge in [-0.2, -0.15) is 5.26 Å². The first-order chi connectivity index (χ1) is 10.3. The van der Waals surface area contributed by atoms with Crippen molar-refractivity contribution in [1.29, 1.82) is 5.26 Å². The van der Waals surface area contributed by atoms with Gasteiger partial charge in [-0.25, -0.2) is 0 Å². The molecule has 0 saturated heterocycles. The van der Waals surface area contributed by atoms with E-state index in [9.17, 15) is 5.11 Å². The number of hydrogen-bond donors (Lipinski definition) is 1. The van der Waals surface area contributed by atoms with Crippen LogP contribution in [0.25, 0.3) is 22.3 Å². The quantitative estimate of drug-likeness (QED) is 0.740. The Labute approximate surface area is 123 Å². The Kier molecular flexibility index (Phi) is 3.41. The van der Waals surface area contributed by atoms with Gasteiger partial charge in [0.15, 0.2) is 0 Å². The van der Waals surface area contributed by atoms with Crippen LogP contribution in [-0.4, -0.2) is 5.11 Å². The Morgan fingerprint density at radius 1 is 0.714 bits per heavy atom. The van der Waals surface area contributed by atoms with E-state index in [1.165, 1.54) is 0 Å². The maximum atomic E-state index is 9.79. The Balaban J connectivity index is 2.17. The van der Waals surface area contributed by atoms with Gasteiger partial charge in [-0.1, -0.05) is 48.5 Å². The van der Waals surface area contributed by atoms with Crippen molar-refractivity contribution in [3.8, 4) is 34.1 Å². The molecule has 3 aromatic rings. The zero-order valence-corrected chi connectivity index (χ0v) is 11.3.